The third-order valence-electron chi connectivity index (χ3n) is 7.23. The van der Waals surface area contributed by atoms with E-state index >= 15 is 0 Å². The normalized spacial score (nSPS) is 11.0. The average molecular weight is 634 g/mol. The summed E-state index contributed by atoms with van der Waals surface area (Å²) in [6.07, 6.45) is -0.0648. The van der Waals surface area contributed by atoms with Crippen LogP contribution in [0.5, 0.6) is 0 Å². The van der Waals surface area contributed by atoms with Gasteiger partial charge < -0.3 is 14.6 Å². The first kappa shape index (κ1) is 33.7. The lowest BCUT2D eigenvalue weighted by atomic mass is 10.1. The molecule has 0 aliphatic heterocycles. The van der Waals surface area contributed by atoms with Crippen LogP contribution in [-0.2, 0) is 23.1 Å². The van der Waals surface area contributed by atoms with E-state index in [0.717, 1.165) is 17.0 Å². The second-order valence-electron chi connectivity index (χ2n) is 10.7. The molecule has 0 saturated carbocycles. The Kier molecular flexibility index (Phi) is 11.9. The van der Waals surface area contributed by atoms with E-state index in [0.29, 0.717) is 48.3 Å². The number of aromatic nitrogens is 3. The minimum atomic E-state index is -2.32. The lowest BCUT2D eigenvalue weighted by Gasteiger charge is -2.21. The second kappa shape index (κ2) is 16.2. The first-order valence-corrected chi connectivity index (χ1v) is 14.9. The number of carbonyl (C=O) groups is 3. The SMILES string of the molecule is CC(=O)CCN(C(=O)c1ccc2c(c1)nc(CNc1ccc(C(=N)NC(=O)OCCCCCC(F)F)cc1)n2C)c1ccccn1. The first-order chi connectivity index (χ1) is 22.1. The number of unbranched alkanes of at least 4 members (excludes halogenated alkanes) is 2. The number of hydrogen-bond acceptors (Lipinski definition) is 8. The van der Waals surface area contributed by atoms with Crippen molar-refractivity contribution in [1.82, 2.24) is 19.9 Å². The van der Waals surface area contributed by atoms with Crippen molar-refractivity contribution in [2.75, 3.05) is 23.4 Å². The molecule has 0 unspecified atom stereocenters. The number of alkyl halides is 2. The molecule has 4 aromatic rings. The molecule has 3 N–H and O–H groups in total. The summed E-state index contributed by atoms with van der Waals surface area (Å²) < 4.78 is 31.3. The number of aryl methyl sites for hydroxylation is 1. The number of pyridine rings is 1. The molecule has 2 aromatic carbocycles. The summed E-state index contributed by atoms with van der Waals surface area (Å²) in [7, 11) is 1.89. The predicted molar refractivity (Wildman–Crippen MR) is 171 cm³/mol. The zero-order valence-electron chi connectivity index (χ0n) is 25.8. The number of alkyl carbamates (subject to hydrolysis) is 1. The van der Waals surface area contributed by atoms with Crippen LogP contribution in [0.25, 0.3) is 11.0 Å². The number of ether oxygens (including phenoxy) is 1. The smallest absolute Gasteiger partial charge is 0.412 e. The Balaban J connectivity index is 1.33. The van der Waals surface area contributed by atoms with E-state index in [1.54, 1.807) is 60.8 Å². The Hall–Kier alpha value is -5.20. The van der Waals surface area contributed by atoms with Gasteiger partial charge in [-0.2, -0.15) is 0 Å². The van der Waals surface area contributed by atoms with E-state index in [1.165, 1.54) is 11.8 Å². The van der Waals surface area contributed by atoms with Crippen molar-refractivity contribution in [1.29, 1.82) is 5.41 Å². The molecule has 46 heavy (non-hydrogen) atoms. The molecule has 2 aromatic heterocycles. The van der Waals surface area contributed by atoms with Crippen molar-refractivity contribution in [3.8, 4) is 0 Å². The fourth-order valence-electron chi connectivity index (χ4n) is 4.69. The summed E-state index contributed by atoms with van der Waals surface area (Å²) in [6, 6.07) is 17.5. The number of carbonyl (C=O) groups excluding carboxylic acids is 3. The van der Waals surface area contributed by atoms with Crippen molar-refractivity contribution in [2.24, 2.45) is 7.05 Å². The summed E-state index contributed by atoms with van der Waals surface area (Å²) in [5.74, 6) is 0.772. The predicted octanol–water partition coefficient (Wildman–Crippen LogP) is 6.08. The molecule has 2 heterocycles. The number of amides is 2. The Bertz CT molecular complexity index is 1660. The molecule has 4 rings (SSSR count). The van der Waals surface area contributed by atoms with E-state index in [4.69, 9.17) is 15.1 Å². The van der Waals surface area contributed by atoms with Crippen molar-refractivity contribution >= 4 is 46.2 Å². The standard InChI is InChI=1S/C33H37F2N7O4/c1-22(43)16-18-42(29-9-5-6-17-37-29)32(44)24-12-15-27-26(20-24)39-30(41(27)2)21-38-25-13-10-23(11-14-25)31(36)40-33(45)46-19-7-3-4-8-28(34)35/h5-6,9-15,17,20,28,38H,3-4,7-8,16,18-19,21H2,1-2H3,(H2,36,40,45). The number of fused-ring (bicyclic) bond motifs is 1. The number of halogens is 2. The maximum Gasteiger partial charge on any atom is 0.412 e. The molecule has 2 amide bonds. The van der Waals surface area contributed by atoms with Crippen molar-refractivity contribution in [2.45, 2.75) is 52.0 Å². The third-order valence-corrected chi connectivity index (χ3v) is 7.23. The third kappa shape index (κ3) is 9.40. The van der Waals surface area contributed by atoms with Gasteiger partial charge in [0.2, 0.25) is 6.43 Å². The Morgan fingerprint density at radius 3 is 2.48 bits per heavy atom. The number of nitrogens with one attached hydrogen (secondary N) is 3. The molecule has 0 radical (unpaired) electrons. The first-order valence-electron chi connectivity index (χ1n) is 14.9. The van der Waals surface area contributed by atoms with Crippen molar-refractivity contribution in [3.05, 3.63) is 83.8 Å². The molecule has 0 bridgehead atoms. The lowest BCUT2D eigenvalue weighted by Crippen LogP contribution is -2.33. The number of imidazole rings is 1. The van der Waals surface area contributed by atoms with E-state index in [2.05, 4.69) is 15.6 Å². The van der Waals surface area contributed by atoms with Crippen LogP contribution in [-0.4, -0.2) is 57.7 Å². The van der Waals surface area contributed by atoms with Gasteiger partial charge in [0.1, 0.15) is 23.3 Å². The van der Waals surface area contributed by atoms with Crippen LogP contribution in [0.2, 0.25) is 0 Å². The van der Waals surface area contributed by atoms with Gasteiger partial charge in [-0.1, -0.05) is 6.07 Å². The molecule has 0 spiro atoms. The van der Waals surface area contributed by atoms with E-state index < -0.39 is 12.5 Å². The minimum absolute atomic E-state index is 0.0221. The van der Waals surface area contributed by atoms with Crippen LogP contribution in [0.3, 0.4) is 0 Å². The van der Waals surface area contributed by atoms with Gasteiger partial charge in [-0.25, -0.2) is 23.5 Å². The molecule has 0 saturated heterocycles. The van der Waals surface area contributed by atoms with Crippen LogP contribution < -0.4 is 15.5 Å². The summed E-state index contributed by atoms with van der Waals surface area (Å²) in [5, 5.41) is 13.8. The van der Waals surface area contributed by atoms with Gasteiger partial charge in [0.15, 0.2) is 0 Å². The molecule has 13 heteroatoms. The summed E-state index contributed by atoms with van der Waals surface area (Å²) in [4.78, 5) is 47.6. The molecular weight excluding hydrogens is 596 g/mol. The highest BCUT2D eigenvalue weighted by atomic mass is 19.3. The van der Waals surface area contributed by atoms with Crippen molar-refractivity contribution in [3.63, 3.8) is 0 Å². The number of Topliss-reactive ketones (excluding diaryl/α,β-unsaturated/α-hetero) is 1. The fraction of sp³-hybridized carbons (Fsp3) is 0.333. The van der Waals surface area contributed by atoms with Crippen molar-refractivity contribution < 1.29 is 27.9 Å². The molecule has 242 valence electrons. The average Bonchev–Trinajstić information content (AvgIpc) is 3.36. The topological polar surface area (TPSA) is 142 Å². The molecule has 0 aliphatic rings. The fourth-order valence-corrected chi connectivity index (χ4v) is 4.69. The summed E-state index contributed by atoms with van der Waals surface area (Å²) >= 11 is 0. The largest absolute Gasteiger partial charge is 0.449 e. The highest BCUT2D eigenvalue weighted by molar-refractivity contribution is 6.07. The Morgan fingerprint density at radius 1 is 1.02 bits per heavy atom. The summed E-state index contributed by atoms with van der Waals surface area (Å²) in [5.41, 5.74) is 3.16. The maximum atomic E-state index is 13.5. The number of anilines is 2. The van der Waals surface area contributed by atoms with Gasteiger partial charge in [-0.15, -0.1) is 0 Å². The van der Waals surface area contributed by atoms with Gasteiger partial charge in [0, 0.05) is 49.4 Å². The van der Waals surface area contributed by atoms with Crippen LogP contribution in [0.1, 0.15) is 60.8 Å². The van der Waals surface area contributed by atoms with E-state index in [9.17, 15) is 23.2 Å². The highest BCUT2D eigenvalue weighted by Gasteiger charge is 2.21. The zero-order valence-corrected chi connectivity index (χ0v) is 25.8. The number of nitrogens with zero attached hydrogens (tertiary/aromatic N) is 4. The van der Waals surface area contributed by atoms with Crippen LogP contribution in [0, 0.1) is 5.41 Å². The molecule has 0 atom stereocenters. The number of rotatable bonds is 15. The zero-order chi connectivity index (χ0) is 33.1. The van der Waals surface area contributed by atoms with Gasteiger partial charge in [0.25, 0.3) is 5.91 Å². The number of ketones is 1. The number of hydrogen-bond donors (Lipinski definition) is 3. The van der Waals surface area contributed by atoms with E-state index in [-0.39, 0.29) is 43.5 Å². The Morgan fingerprint density at radius 2 is 1.78 bits per heavy atom. The van der Waals surface area contributed by atoms with Crippen LogP contribution >= 0.6 is 0 Å². The van der Waals surface area contributed by atoms with Crippen LogP contribution in [0.4, 0.5) is 25.1 Å². The molecular formula is C33H37F2N7O4. The molecule has 0 fully saturated rings. The quantitative estimate of drug-likeness (QED) is 0.0818. The highest BCUT2D eigenvalue weighted by Crippen LogP contribution is 2.21. The number of amidine groups is 1. The molecule has 11 nitrogen and oxygen atoms in total. The Labute approximate surface area is 265 Å². The van der Waals surface area contributed by atoms with Gasteiger partial charge in [-0.05, 0) is 80.8 Å². The van der Waals surface area contributed by atoms with Gasteiger partial charge in [0.05, 0.1) is 24.2 Å². The monoisotopic (exact) mass is 633 g/mol. The maximum absolute atomic E-state index is 13.5. The van der Waals surface area contributed by atoms with Crippen LogP contribution in [0.15, 0.2) is 66.9 Å². The summed E-state index contributed by atoms with van der Waals surface area (Å²) in [6.45, 7) is 2.18. The minimum Gasteiger partial charge on any atom is -0.449 e. The van der Waals surface area contributed by atoms with Gasteiger partial charge >= 0.3 is 6.09 Å². The molecule has 0 aliphatic carbocycles. The van der Waals surface area contributed by atoms with E-state index in [1.807, 2.05) is 17.7 Å². The second-order valence-corrected chi connectivity index (χ2v) is 10.7. The van der Waals surface area contributed by atoms with Gasteiger partial charge in [-0.3, -0.25) is 25.2 Å². The number of benzene rings is 2. The lowest BCUT2D eigenvalue weighted by molar-refractivity contribution is -0.116.